The van der Waals surface area contributed by atoms with Gasteiger partial charge in [0, 0.05) is 16.8 Å². The molecule has 1 aromatic carbocycles. The fourth-order valence-electron chi connectivity index (χ4n) is 1.94. The van der Waals surface area contributed by atoms with E-state index < -0.39 is 11.9 Å². The average molecular weight is 476 g/mol. The number of aromatic nitrogens is 1. The molecule has 0 aliphatic rings. The van der Waals surface area contributed by atoms with Crippen LogP contribution in [0.1, 0.15) is 43.7 Å². The first kappa shape index (κ1) is 19.1. The second-order valence-corrected chi connectivity index (χ2v) is 9.22. The Labute approximate surface area is 161 Å². The zero-order chi connectivity index (χ0) is 18.1. The second kappa shape index (κ2) is 7.33. The molecule has 0 saturated heterocycles. The molecule has 1 heterocycles. The van der Waals surface area contributed by atoms with Crippen LogP contribution >= 0.6 is 43.2 Å². The van der Waals surface area contributed by atoms with Crippen LogP contribution in [0.4, 0.5) is 5.13 Å². The Morgan fingerprint density at radius 2 is 1.92 bits per heavy atom. The number of carbonyl (C=O) groups excluding carboxylic acids is 2. The first-order valence-corrected chi connectivity index (χ1v) is 9.45. The minimum atomic E-state index is -0.492. The summed E-state index contributed by atoms with van der Waals surface area (Å²) in [6, 6.07) is 4.97. The third kappa shape index (κ3) is 4.43. The van der Waals surface area contributed by atoms with Crippen molar-refractivity contribution in [1.82, 2.24) is 4.98 Å². The molecule has 0 atom stereocenters. The lowest BCUT2D eigenvalue weighted by Gasteiger charge is -2.15. The van der Waals surface area contributed by atoms with Gasteiger partial charge in [-0.1, -0.05) is 38.2 Å². The summed E-state index contributed by atoms with van der Waals surface area (Å²) in [5.74, 6) is -0.698. The van der Waals surface area contributed by atoms with Crippen molar-refractivity contribution < 1.29 is 14.3 Å². The molecule has 8 heteroatoms. The van der Waals surface area contributed by atoms with Gasteiger partial charge in [0.1, 0.15) is 5.75 Å². The summed E-state index contributed by atoms with van der Waals surface area (Å²) in [5, 5.41) is 3.24. The number of nitrogens with one attached hydrogen (secondary N) is 1. The Bertz CT molecular complexity index is 797. The minimum absolute atomic E-state index is 0.144. The summed E-state index contributed by atoms with van der Waals surface area (Å²) in [6.07, 6.45) is 0. The van der Waals surface area contributed by atoms with Gasteiger partial charge in [0.05, 0.1) is 15.0 Å². The van der Waals surface area contributed by atoms with E-state index in [0.717, 1.165) is 9.48 Å². The first-order valence-electron chi connectivity index (χ1n) is 7.04. The second-order valence-electron chi connectivity index (χ2n) is 6.05. The summed E-state index contributed by atoms with van der Waals surface area (Å²) in [4.78, 5) is 28.3. The molecule has 5 nitrogen and oxygen atoms in total. The maximum absolute atomic E-state index is 12.6. The zero-order valence-corrected chi connectivity index (χ0v) is 17.6. The number of esters is 1. The Morgan fingerprint density at radius 3 is 2.46 bits per heavy atom. The van der Waals surface area contributed by atoms with Crippen LogP contribution in [0.3, 0.4) is 0 Å². The Morgan fingerprint density at radius 1 is 1.25 bits per heavy atom. The summed E-state index contributed by atoms with van der Waals surface area (Å²) in [7, 11) is 0. The number of rotatable bonds is 3. The van der Waals surface area contributed by atoms with Gasteiger partial charge >= 0.3 is 5.97 Å². The Hall–Kier alpha value is -1.25. The molecule has 0 aliphatic heterocycles. The van der Waals surface area contributed by atoms with Gasteiger partial charge in [-0.05, 0) is 44.0 Å². The lowest BCUT2D eigenvalue weighted by atomic mass is 9.93. The van der Waals surface area contributed by atoms with Gasteiger partial charge in [-0.15, -0.1) is 0 Å². The summed E-state index contributed by atoms with van der Waals surface area (Å²) in [5.41, 5.74) is 0.973. The third-order valence-electron chi connectivity index (χ3n) is 2.97. The molecule has 0 aliphatic carbocycles. The molecule has 0 spiro atoms. The zero-order valence-electron chi connectivity index (χ0n) is 13.6. The van der Waals surface area contributed by atoms with Crippen LogP contribution in [-0.4, -0.2) is 16.9 Å². The van der Waals surface area contributed by atoms with E-state index in [4.69, 9.17) is 4.74 Å². The van der Waals surface area contributed by atoms with E-state index in [1.807, 2.05) is 20.8 Å². The highest BCUT2D eigenvalue weighted by atomic mass is 79.9. The van der Waals surface area contributed by atoms with Crippen molar-refractivity contribution in [2.75, 3.05) is 5.32 Å². The van der Waals surface area contributed by atoms with Gasteiger partial charge in [0.25, 0.3) is 5.91 Å². The van der Waals surface area contributed by atoms with E-state index in [1.165, 1.54) is 18.3 Å². The third-order valence-corrected chi connectivity index (χ3v) is 5.25. The number of hydrogen-bond acceptors (Lipinski definition) is 5. The number of amides is 1. The summed E-state index contributed by atoms with van der Waals surface area (Å²) >= 11 is 8.15. The topological polar surface area (TPSA) is 68.3 Å². The highest BCUT2D eigenvalue weighted by Gasteiger charge is 2.24. The van der Waals surface area contributed by atoms with Crippen molar-refractivity contribution in [3.8, 4) is 5.75 Å². The van der Waals surface area contributed by atoms with Crippen molar-refractivity contribution in [3.63, 3.8) is 0 Å². The number of carbonyl (C=O) groups is 2. The molecule has 1 amide bonds. The quantitative estimate of drug-likeness (QED) is 0.492. The lowest BCUT2D eigenvalue weighted by Crippen LogP contribution is -2.16. The van der Waals surface area contributed by atoms with E-state index in [9.17, 15) is 9.59 Å². The number of halogens is 2. The molecule has 0 radical (unpaired) electrons. The molecule has 2 aromatic rings. The molecule has 1 N–H and O–H groups in total. The van der Waals surface area contributed by atoms with Crippen LogP contribution in [0.2, 0.25) is 0 Å². The minimum Gasteiger partial charge on any atom is -0.426 e. The van der Waals surface area contributed by atoms with Crippen LogP contribution in [0.5, 0.6) is 5.75 Å². The molecular formula is C16H16Br2N2O3S. The smallest absolute Gasteiger partial charge is 0.308 e. The van der Waals surface area contributed by atoms with Gasteiger partial charge in [0.2, 0.25) is 0 Å². The Kier molecular flexibility index (Phi) is 5.83. The maximum Gasteiger partial charge on any atom is 0.308 e. The molecule has 24 heavy (non-hydrogen) atoms. The van der Waals surface area contributed by atoms with Gasteiger partial charge in [0.15, 0.2) is 5.13 Å². The number of nitrogens with zero attached hydrogens (tertiary/aromatic N) is 1. The number of ether oxygens (including phenoxy) is 1. The standard InChI is InChI=1S/C16H16Br2N2O3S/c1-8(21)23-10-7-5-6-9(17)11(10)14(22)20-15-19-12(13(18)24-15)16(2,3)4/h5-7H,1-4H3,(H,19,20,22). The molecule has 0 fully saturated rings. The van der Waals surface area contributed by atoms with Gasteiger partial charge < -0.3 is 4.74 Å². The van der Waals surface area contributed by atoms with Crippen LogP contribution in [0.15, 0.2) is 26.5 Å². The van der Waals surface area contributed by atoms with Crippen molar-refractivity contribution >= 4 is 60.2 Å². The number of anilines is 1. The van der Waals surface area contributed by atoms with Gasteiger partial charge in [-0.3, -0.25) is 14.9 Å². The van der Waals surface area contributed by atoms with E-state index in [1.54, 1.807) is 18.2 Å². The van der Waals surface area contributed by atoms with Gasteiger partial charge in [-0.25, -0.2) is 4.98 Å². The highest BCUT2D eigenvalue weighted by molar-refractivity contribution is 9.11. The highest BCUT2D eigenvalue weighted by Crippen LogP contribution is 2.36. The van der Waals surface area contributed by atoms with E-state index in [2.05, 4.69) is 42.2 Å². The molecule has 0 bridgehead atoms. The number of hydrogen-bond donors (Lipinski definition) is 1. The van der Waals surface area contributed by atoms with Crippen LogP contribution in [0, 0.1) is 0 Å². The summed E-state index contributed by atoms with van der Waals surface area (Å²) in [6.45, 7) is 7.43. The molecule has 1 aromatic heterocycles. The molecule has 0 unspecified atom stereocenters. The van der Waals surface area contributed by atoms with Crippen molar-refractivity contribution in [2.45, 2.75) is 33.1 Å². The van der Waals surface area contributed by atoms with Crippen molar-refractivity contribution in [3.05, 3.63) is 37.7 Å². The fraction of sp³-hybridized carbons (Fsp3) is 0.312. The summed E-state index contributed by atoms with van der Waals surface area (Å²) < 4.78 is 6.52. The fourth-order valence-corrected chi connectivity index (χ4v) is 4.51. The van der Waals surface area contributed by atoms with E-state index in [-0.39, 0.29) is 16.7 Å². The first-order chi connectivity index (χ1) is 11.1. The van der Waals surface area contributed by atoms with Crippen molar-refractivity contribution in [2.24, 2.45) is 0 Å². The predicted molar refractivity (Wildman–Crippen MR) is 102 cm³/mol. The molecule has 2 rings (SSSR count). The monoisotopic (exact) mass is 474 g/mol. The van der Waals surface area contributed by atoms with Gasteiger partial charge in [-0.2, -0.15) is 0 Å². The van der Waals surface area contributed by atoms with E-state index in [0.29, 0.717) is 9.60 Å². The predicted octanol–water partition coefficient (Wildman–Crippen LogP) is 5.14. The maximum atomic E-state index is 12.6. The molecular weight excluding hydrogens is 460 g/mol. The lowest BCUT2D eigenvalue weighted by molar-refractivity contribution is -0.131. The van der Waals surface area contributed by atoms with Crippen LogP contribution < -0.4 is 10.1 Å². The molecule has 0 saturated carbocycles. The Balaban J connectivity index is 2.33. The van der Waals surface area contributed by atoms with Crippen LogP contribution in [0.25, 0.3) is 0 Å². The van der Waals surface area contributed by atoms with Crippen molar-refractivity contribution in [1.29, 1.82) is 0 Å². The number of thiazole rings is 1. The normalized spacial score (nSPS) is 11.2. The van der Waals surface area contributed by atoms with Crippen LogP contribution in [-0.2, 0) is 10.2 Å². The molecule has 128 valence electrons. The SMILES string of the molecule is CC(=O)Oc1cccc(Br)c1C(=O)Nc1nc(C(C)(C)C)c(Br)s1. The van der Waals surface area contributed by atoms with E-state index >= 15 is 0 Å². The number of benzene rings is 1. The largest absolute Gasteiger partial charge is 0.426 e. The average Bonchev–Trinajstić information content (AvgIpc) is 2.78.